The molecule has 114 valence electrons. The van der Waals surface area contributed by atoms with Gasteiger partial charge in [-0.25, -0.2) is 13.8 Å². The Hall–Kier alpha value is -1.49. The summed E-state index contributed by atoms with van der Waals surface area (Å²) < 4.78 is 26.8. The van der Waals surface area contributed by atoms with Crippen LogP contribution in [0.4, 0.5) is 8.78 Å². The topological polar surface area (TPSA) is 23.6 Å². The second-order valence-corrected chi connectivity index (χ2v) is 6.44. The zero-order valence-electron chi connectivity index (χ0n) is 12.4. The normalized spacial score (nSPS) is 30.8. The molecule has 0 aromatic heterocycles. The number of benzene rings is 1. The van der Waals surface area contributed by atoms with Crippen LogP contribution in [0.3, 0.4) is 0 Å². The molecule has 0 radical (unpaired) electrons. The third kappa shape index (κ3) is 2.44. The number of halogens is 2. The molecule has 0 spiro atoms. The largest absolute Gasteiger partial charge is 0.273 e. The maximum atomic E-state index is 13.4. The number of alkyl halides is 1. The lowest BCUT2D eigenvalue weighted by molar-refractivity contribution is -0.143. The summed E-state index contributed by atoms with van der Waals surface area (Å²) in [7, 11) is 0. The quantitative estimate of drug-likeness (QED) is 0.855. The van der Waals surface area contributed by atoms with Crippen molar-refractivity contribution in [2.75, 3.05) is 13.1 Å². The Morgan fingerprint density at radius 2 is 2.24 bits per heavy atom. The molecule has 5 heteroatoms. The van der Waals surface area contributed by atoms with Gasteiger partial charge in [0, 0.05) is 13.1 Å². The first-order valence-corrected chi connectivity index (χ1v) is 7.39. The first-order chi connectivity index (χ1) is 9.90. The van der Waals surface area contributed by atoms with Crippen LogP contribution in [-0.2, 0) is 4.79 Å². The molecule has 3 atom stereocenters. The van der Waals surface area contributed by atoms with Crippen molar-refractivity contribution in [2.24, 2.45) is 5.41 Å². The summed E-state index contributed by atoms with van der Waals surface area (Å²) in [6.07, 6.45) is 0.0123. The predicted octanol–water partition coefficient (Wildman–Crippen LogP) is 3.08. The minimum absolute atomic E-state index is 0.0428. The Kier molecular flexibility index (Phi) is 3.48. The molecule has 3 nitrogen and oxygen atoms in total. The van der Waals surface area contributed by atoms with Crippen molar-refractivity contribution in [3.63, 3.8) is 0 Å². The van der Waals surface area contributed by atoms with E-state index in [9.17, 15) is 13.6 Å². The predicted molar refractivity (Wildman–Crippen MR) is 75.5 cm³/mol. The van der Waals surface area contributed by atoms with E-state index in [1.165, 1.54) is 19.1 Å². The van der Waals surface area contributed by atoms with Crippen LogP contribution in [0.2, 0.25) is 0 Å². The first-order valence-electron chi connectivity index (χ1n) is 7.39. The molecule has 2 unspecified atom stereocenters. The van der Waals surface area contributed by atoms with Crippen LogP contribution in [0, 0.1) is 11.2 Å². The Labute approximate surface area is 123 Å². The van der Waals surface area contributed by atoms with Gasteiger partial charge < -0.3 is 0 Å². The lowest BCUT2D eigenvalue weighted by atomic mass is 9.84. The zero-order chi connectivity index (χ0) is 15.2. The number of amides is 1. The molecule has 2 fully saturated rings. The van der Waals surface area contributed by atoms with Gasteiger partial charge in [-0.3, -0.25) is 9.80 Å². The third-order valence-corrected chi connectivity index (χ3v) is 4.48. The van der Waals surface area contributed by atoms with Gasteiger partial charge in [0.25, 0.3) is 0 Å². The molecule has 0 aliphatic carbocycles. The Balaban J connectivity index is 1.87. The van der Waals surface area contributed by atoms with Crippen molar-refractivity contribution in [1.82, 2.24) is 10.0 Å². The first kappa shape index (κ1) is 14.4. The monoisotopic (exact) mass is 294 g/mol. The van der Waals surface area contributed by atoms with E-state index in [4.69, 9.17) is 0 Å². The van der Waals surface area contributed by atoms with Gasteiger partial charge in [-0.1, -0.05) is 12.1 Å². The zero-order valence-corrected chi connectivity index (χ0v) is 12.4. The van der Waals surface area contributed by atoms with Gasteiger partial charge in [0.15, 0.2) is 0 Å². The van der Waals surface area contributed by atoms with E-state index in [0.717, 1.165) is 18.5 Å². The van der Waals surface area contributed by atoms with Crippen molar-refractivity contribution >= 4 is 5.91 Å². The van der Waals surface area contributed by atoms with Crippen LogP contribution in [0.1, 0.15) is 38.3 Å². The van der Waals surface area contributed by atoms with E-state index in [1.54, 1.807) is 11.1 Å². The minimum atomic E-state index is -1.01. The van der Waals surface area contributed by atoms with Crippen molar-refractivity contribution in [1.29, 1.82) is 0 Å². The summed E-state index contributed by atoms with van der Waals surface area (Å²) in [5.41, 5.74) is 0.128. The van der Waals surface area contributed by atoms with E-state index in [2.05, 4.69) is 0 Å². The summed E-state index contributed by atoms with van der Waals surface area (Å²) in [4.78, 5) is 12.7. The number of hydrogen-bond acceptors (Lipinski definition) is 2. The van der Waals surface area contributed by atoms with Crippen molar-refractivity contribution in [3.8, 4) is 0 Å². The van der Waals surface area contributed by atoms with Gasteiger partial charge >= 0.3 is 0 Å². The maximum absolute atomic E-state index is 13.4. The Morgan fingerprint density at radius 1 is 1.48 bits per heavy atom. The highest BCUT2D eigenvalue weighted by molar-refractivity contribution is 5.85. The average Bonchev–Trinajstić information content (AvgIpc) is 2.89. The Bertz CT molecular complexity index is 563. The number of rotatable bonds is 3. The summed E-state index contributed by atoms with van der Waals surface area (Å²) >= 11 is 0. The van der Waals surface area contributed by atoms with Gasteiger partial charge in [-0.15, -0.1) is 0 Å². The van der Waals surface area contributed by atoms with Gasteiger partial charge in [-0.05, 0) is 44.4 Å². The molecule has 0 saturated carbocycles. The van der Waals surface area contributed by atoms with Crippen molar-refractivity contribution < 1.29 is 13.6 Å². The average molecular weight is 294 g/mol. The smallest absolute Gasteiger partial charge is 0.244 e. The standard InChI is InChI=1S/C16H20F2N2O/c1-11(17)9-16(2)10-19-7-6-14(20(19)15(16)21)12-4-3-5-13(18)8-12/h3-5,8,11,14H,6-7,9-10H2,1-2H3/t11?,14-,16?/m0/s1. The van der Waals surface area contributed by atoms with E-state index in [1.807, 2.05) is 18.0 Å². The molecule has 1 aromatic rings. The van der Waals surface area contributed by atoms with E-state index in [-0.39, 0.29) is 24.2 Å². The SMILES string of the molecule is CC(F)CC1(C)CN2CC[C@@H](c3cccc(F)c3)N2C1=O. The van der Waals surface area contributed by atoms with E-state index in [0.29, 0.717) is 6.54 Å². The fraction of sp³-hybridized carbons (Fsp3) is 0.562. The van der Waals surface area contributed by atoms with E-state index < -0.39 is 11.6 Å². The highest BCUT2D eigenvalue weighted by Crippen LogP contribution is 2.44. The van der Waals surface area contributed by atoms with Crippen LogP contribution < -0.4 is 0 Å². The fourth-order valence-electron chi connectivity index (χ4n) is 3.67. The minimum Gasteiger partial charge on any atom is -0.273 e. The summed E-state index contributed by atoms with van der Waals surface area (Å²) in [5.74, 6) is -0.337. The lowest BCUT2D eigenvalue weighted by Gasteiger charge is -2.27. The van der Waals surface area contributed by atoms with Crippen LogP contribution >= 0.6 is 0 Å². The highest BCUT2D eigenvalue weighted by atomic mass is 19.1. The molecule has 2 heterocycles. The van der Waals surface area contributed by atoms with Gasteiger partial charge in [0.1, 0.15) is 5.82 Å². The highest BCUT2D eigenvalue weighted by Gasteiger charge is 2.53. The van der Waals surface area contributed by atoms with Crippen LogP contribution in [-0.4, -0.2) is 35.2 Å². The number of carbonyl (C=O) groups is 1. The van der Waals surface area contributed by atoms with Gasteiger partial charge in [0.05, 0.1) is 17.6 Å². The number of hydrogen-bond donors (Lipinski definition) is 0. The molecular formula is C16H20F2N2O. The summed E-state index contributed by atoms with van der Waals surface area (Å²) in [6.45, 7) is 4.61. The number of fused-ring (bicyclic) bond motifs is 1. The van der Waals surface area contributed by atoms with Crippen LogP contribution in [0.5, 0.6) is 0 Å². The fourth-order valence-corrected chi connectivity index (χ4v) is 3.67. The molecule has 1 aromatic carbocycles. The van der Waals surface area contributed by atoms with Gasteiger partial charge in [0.2, 0.25) is 5.91 Å². The second-order valence-electron chi connectivity index (χ2n) is 6.44. The number of nitrogens with zero attached hydrogens (tertiary/aromatic N) is 2. The number of carbonyl (C=O) groups excluding carboxylic acids is 1. The van der Waals surface area contributed by atoms with Gasteiger partial charge in [-0.2, -0.15) is 0 Å². The lowest BCUT2D eigenvalue weighted by Crippen LogP contribution is -2.36. The third-order valence-electron chi connectivity index (χ3n) is 4.48. The number of hydrazine groups is 1. The second kappa shape index (κ2) is 5.05. The molecule has 2 saturated heterocycles. The molecule has 2 aliphatic rings. The maximum Gasteiger partial charge on any atom is 0.244 e. The molecule has 2 aliphatic heterocycles. The van der Waals surface area contributed by atoms with Crippen LogP contribution in [0.15, 0.2) is 24.3 Å². The molecule has 21 heavy (non-hydrogen) atoms. The molecule has 1 amide bonds. The van der Waals surface area contributed by atoms with E-state index >= 15 is 0 Å². The van der Waals surface area contributed by atoms with Crippen LogP contribution in [0.25, 0.3) is 0 Å². The molecular weight excluding hydrogens is 274 g/mol. The summed E-state index contributed by atoms with van der Waals surface area (Å²) in [6, 6.07) is 6.26. The van der Waals surface area contributed by atoms with Crippen molar-refractivity contribution in [2.45, 2.75) is 38.9 Å². The molecule has 0 N–H and O–H groups in total. The Morgan fingerprint density at radius 3 is 2.90 bits per heavy atom. The molecule has 0 bridgehead atoms. The molecule has 3 rings (SSSR count). The summed E-state index contributed by atoms with van der Waals surface area (Å²) in [5, 5.41) is 3.71. The van der Waals surface area contributed by atoms with Crippen molar-refractivity contribution in [3.05, 3.63) is 35.6 Å².